The fraction of sp³-hybridized carbons (Fsp3) is 0.524. The summed E-state index contributed by atoms with van der Waals surface area (Å²) < 4.78 is 0.819. The number of carbonyl (C=O) groups excluding carboxylic acids is 2. The predicted octanol–water partition coefficient (Wildman–Crippen LogP) is 2.55. The summed E-state index contributed by atoms with van der Waals surface area (Å²) in [4.78, 5) is 29.0. The van der Waals surface area contributed by atoms with Crippen molar-refractivity contribution in [3.63, 3.8) is 0 Å². The quantitative estimate of drug-likeness (QED) is 0.556. The lowest BCUT2D eigenvalue weighted by molar-refractivity contribution is -0.130. The number of aromatic nitrogens is 2. The van der Waals surface area contributed by atoms with Gasteiger partial charge in [-0.25, -0.2) is 0 Å². The fourth-order valence-corrected chi connectivity index (χ4v) is 5.17. The van der Waals surface area contributed by atoms with E-state index in [1.165, 1.54) is 35.9 Å². The van der Waals surface area contributed by atoms with Gasteiger partial charge in [-0.3, -0.25) is 14.5 Å². The van der Waals surface area contributed by atoms with Gasteiger partial charge in [0.15, 0.2) is 4.34 Å². The average Bonchev–Trinajstić information content (AvgIpc) is 3.48. The van der Waals surface area contributed by atoms with Gasteiger partial charge < -0.3 is 15.5 Å². The summed E-state index contributed by atoms with van der Waals surface area (Å²) in [6, 6.07) is 8.44. The average molecular weight is 461 g/mol. The van der Waals surface area contributed by atoms with Gasteiger partial charge in [0.1, 0.15) is 0 Å². The van der Waals surface area contributed by atoms with Gasteiger partial charge in [-0.15, -0.1) is 10.2 Å². The minimum absolute atomic E-state index is 0.0110. The summed E-state index contributed by atoms with van der Waals surface area (Å²) in [7, 11) is 0. The first-order chi connectivity index (χ1) is 15.1. The van der Waals surface area contributed by atoms with Crippen LogP contribution in [0.5, 0.6) is 0 Å². The largest absolute Gasteiger partial charge is 0.357 e. The lowest BCUT2D eigenvalue weighted by atomic mass is 10.1. The third kappa shape index (κ3) is 6.41. The van der Waals surface area contributed by atoms with Crippen molar-refractivity contribution in [3.05, 3.63) is 29.8 Å². The predicted molar refractivity (Wildman–Crippen MR) is 125 cm³/mol. The van der Waals surface area contributed by atoms with E-state index in [2.05, 4.69) is 32.7 Å². The number of aryl methyl sites for hydroxylation is 1. The van der Waals surface area contributed by atoms with Crippen molar-refractivity contribution in [2.24, 2.45) is 0 Å². The van der Waals surface area contributed by atoms with Crippen LogP contribution in [0, 0.1) is 0 Å². The van der Waals surface area contributed by atoms with Crippen molar-refractivity contribution in [1.82, 2.24) is 20.0 Å². The van der Waals surface area contributed by atoms with Crippen LogP contribution in [0.4, 0.5) is 10.8 Å². The zero-order valence-electron chi connectivity index (χ0n) is 17.7. The Kier molecular flexibility index (Phi) is 7.41. The molecular weight excluding hydrogens is 432 g/mol. The van der Waals surface area contributed by atoms with Gasteiger partial charge >= 0.3 is 0 Å². The number of anilines is 2. The number of carbonyl (C=O) groups is 2. The Labute approximate surface area is 190 Å². The molecule has 0 spiro atoms. The molecule has 1 aliphatic carbocycles. The summed E-state index contributed by atoms with van der Waals surface area (Å²) in [6.07, 6.45) is 3.27. The Balaban J connectivity index is 1.17. The van der Waals surface area contributed by atoms with E-state index >= 15 is 0 Å². The highest BCUT2D eigenvalue weighted by molar-refractivity contribution is 8.01. The van der Waals surface area contributed by atoms with Gasteiger partial charge in [0.25, 0.3) is 0 Å². The zero-order chi connectivity index (χ0) is 21.6. The van der Waals surface area contributed by atoms with Gasteiger partial charge in [-0.1, -0.05) is 48.2 Å². The van der Waals surface area contributed by atoms with E-state index in [-0.39, 0.29) is 11.8 Å². The minimum Gasteiger partial charge on any atom is -0.357 e. The van der Waals surface area contributed by atoms with Crippen molar-refractivity contribution in [2.75, 3.05) is 49.1 Å². The van der Waals surface area contributed by atoms with E-state index in [1.807, 2.05) is 29.2 Å². The van der Waals surface area contributed by atoms with Crippen LogP contribution in [-0.2, 0) is 16.0 Å². The van der Waals surface area contributed by atoms with E-state index in [0.29, 0.717) is 44.5 Å². The SMILES string of the molecule is CCc1ccccc1NC(=O)CN1CCN(C(=O)CSc2nnc(NC3CC3)s2)CC1. The number of benzene rings is 1. The van der Waals surface area contributed by atoms with Crippen LogP contribution in [0.3, 0.4) is 0 Å². The van der Waals surface area contributed by atoms with Crippen molar-refractivity contribution < 1.29 is 9.59 Å². The number of piperazine rings is 1. The standard InChI is InChI=1S/C21H28N6O2S2/c1-2-15-5-3-4-6-17(15)23-18(28)13-26-9-11-27(12-10-26)19(29)14-30-21-25-24-20(31-21)22-16-7-8-16/h3-6,16H,2,7-14H2,1H3,(H,22,24)(H,23,28). The number of nitrogens with zero attached hydrogens (tertiary/aromatic N) is 4. The fourth-order valence-electron chi connectivity index (χ4n) is 3.44. The Morgan fingerprint density at radius 1 is 1.16 bits per heavy atom. The van der Waals surface area contributed by atoms with Crippen LogP contribution in [0.2, 0.25) is 0 Å². The molecule has 0 bridgehead atoms. The van der Waals surface area contributed by atoms with Gasteiger partial charge in [0.2, 0.25) is 16.9 Å². The molecule has 0 unspecified atom stereocenters. The molecule has 0 atom stereocenters. The number of hydrogen-bond acceptors (Lipinski definition) is 8. The summed E-state index contributed by atoms with van der Waals surface area (Å²) in [5, 5.41) is 15.5. The molecule has 31 heavy (non-hydrogen) atoms. The van der Waals surface area contributed by atoms with Crippen molar-refractivity contribution in [2.45, 2.75) is 36.6 Å². The van der Waals surface area contributed by atoms with E-state index < -0.39 is 0 Å². The molecule has 2 amide bonds. The van der Waals surface area contributed by atoms with Crippen LogP contribution < -0.4 is 10.6 Å². The van der Waals surface area contributed by atoms with E-state index in [9.17, 15) is 9.59 Å². The van der Waals surface area contributed by atoms with Crippen LogP contribution in [0.25, 0.3) is 0 Å². The van der Waals surface area contributed by atoms with Crippen LogP contribution in [-0.4, -0.2) is 76.3 Å². The molecule has 8 nitrogen and oxygen atoms in total. The van der Waals surface area contributed by atoms with Crippen LogP contribution in [0.15, 0.2) is 28.6 Å². The third-order valence-corrected chi connectivity index (χ3v) is 7.37. The second kappa shape index (κ2) is 10.4. The van der Waals surface area contributed by atoms with Gasteiger partial charge in [-0.05, 0) is 30.9 Å². The molecule has 2 fully saturated rings. The van der Waals surface area contributed by atoms with E-state index in [1.54, 1.807) is 0 Å². The highest BCUT2D eigenvalue weighted by atomic mass is 32.2. The maximum Gasteiger partial charge on any atom is 0.238 e. The Bertz CT molecular complexity index is 909. The second-order valence-corrected chi connectivity index (χ2v) is 10.00. The van der Waals surface area contributed by atoms with E-state index in [0.717, 1.165) is 27.1 Å². The normalized spacial score (nSPS) is 16.9. The Hall–Kier alpha value is -2.17. The summed E-state index contributed by atoms with van der Waals surface area (Å²) in [5.74, 6) is 0.466. The summed E-state index contributed by atoms with van der Waals surface area (Å²) >= 11 is 2.95. The van der Waals surface area contributed by atoms with Crippen molar-refractivity contribution in [1.29, 1.82) is 0 Å². The number of amides is 2. The van der Waals surface area contributed by atoms with Gasteiger partial charge in [-0.2, -0.15) is 0 Å². The monoisotopic (exact) mass is 460 g/mol. The first-order valence-electron chi connectivity index (χ1n) is 10.7. The topological polar surface area (TPSA) is 90.5 Å². The maximum absolute atomic E-state index is 12.6. The smallest absolute Gasteiger partial charge is 0.238 e. The number of para-hydroxylation sites is 1. The zero-order valence-corrected chi connectivity index (χ0v) is 19.3. The van der Waals surface area contributed by atoms with Gasteiger partial charge in [0.05, 0.1) is 12.3 Å². The molecular formula is C21H28N6O2S2. The number of nitrogens with one attached hydrogen (secondary N) is 2. The first kappa shape index (κ1) is 22.0. The molecule has 2 aliphatic rings. The lowest BCUT2D eigenvalue weighted by Gasteiger charge is -2.34. The molecule has 1 saturated carbocycles. The molecule has 2 aromatic rings. The molecule has 10 heteroatoms. The molecule has 2 N–H and O–H groups in total. The first-order valence-corrected chi connectivity index (χ1v) is 12.5. The number of thioether (sulfide) groups is 1. The molecule has 1 saturated heterocycles. The minimum atomic E-state index is -0.0110. The van der Waals surface area contributed by atoms with Crippen LogP contribution >= 0.6 is 23.1 Å². The third-order valence-electron chi connectivity index (χ3n) is 5.40. The molecule has 1 aromatic heterocycles. The maximum atomic E-state index is 12.6. The molecule has 1 aliphatic heterocycles. The number of rotatable bonds is 9. The second-order valence-electron chi connectivity index (χ2n) is 7.80. The highest BCUT2D eigenvalue weighted by Gasteiger charge is 2.24. The summed E-state index contributed by atoms with van der Waals surface area (Å²) in [6.45, 7) is 5.11. The molecule has 0 radical (unpaired) electrons. The van der Waals surface area contributed by atoms with Crippen molar-refractivity contribution >= 4 is 45.7 Å². The van der Waals surface area contributed by atoms with Crippen molar-refractivity contribution in [3.8, 4) is 0 Å². The Morgan fingerprint density at radius 3 is 2.68 bits per heavy atom. The molecule has 2 heterocycles. The molecule has 4 rings (SSSR count). The Morgan fingerprint density at radius 2 is 1.94 bits per heavy atom. The highest BCUT2D eigenvalue weighted by Crippen LogP contribution is 2.30. The molecule has 166 valence electrons. The van der Waals surface area contributed by atoms with E-state index in [4.69, 9.17) is 0 Å². The molecule has 1 aromatic carbocycles. The van der Waals surface area contributed by atoms with Crippen LogP contribution in [0.1, 0.15) is 25.3 Å². The summed E-state index contributed by atoms with van der Waals surface area (Å²) in [5.41, 5.74) is 2.02. The lowest BCUT2D eigenvalue weighted by Crippen LogP contribution is -2.50. The number of hydrogen-bond donors (Lipinski definition) is 2. The van der Waals surface area contributed by atoms with Gasteiger partial charge in [0, 0.05) is 37.9 Å².